The summed E-state index contributed by atoms with van der Waals surface area (Å²) in [7, 11) is 0. The van der Waals surface area contributed by atoms with Crippen molar-refractivity contribution in [3.8, 4) is 5.75 Å². The molecule has 0 spiro atoms. The zero-order valence-electron chi connectivity index (χ0n) is 17.9. The molecular weight excluding hydrogens is 332 g/mol. The van der Waals surface area contributed by atoms with Crippen LogP contribution in [0, 0.1) is 6.92 Å². The van der Waals surface area contributed by atoms with Crippen molar-refractivity contribution in [3.63, 3.8) is 0 Å². The summed E-state index contributed by atoms with van der Waals surface area (Å²) < 4.78 is 0. The lowest BCUT2D eigenvalue weighted by Crippen LogP contribution is -2.00. The van der Waals surface area contributed by atoms with Crippen LogP contribution in [0.3, 0.4) is 0 Å². The maximum absolute atomic E-state index is 12.2. The second-order valence-electron chi connectivity index (χ2n) is 8.09. The Morgan fingerprint density at radius 3 is 1.67 bits per heavy atom. The molecule has 1 aromatic rings. The zero-order chi connectivity index (χ0) is 19.7. The number of hydrogen-bond acceptors (Lipinski definition) is 2. The molecule has 1 aromatic carbocycles. The molecule has 0 saturated carbocycles. The molecule has 0 aliphatic carbocycles. The van der Waals surface area contributed by atoms with Gasteiger partial charge in [0.15, 0.2) is 5.78 Å². The number of para-hydroxylation sites is 1. The highest BCUT2D eigenvalue weighted by Gasteiger charge is 2.11. The molecule has 1 N–H and O–H groups in total. The fourth-order valence-electron chi connectivity index (χ4n) is 3.68. The number of rotatable bonds is 17. The minimum Gasteiger partial charge on any atom is -0.507 e. The van der Waals surface area contributed by atoms with Gasteiger partial charge in [0.1, 0.15) is 5.75 Å². The van der Waals surface area contributed by atoms with Crippen molar-refractivity contribution < 1.29 is 9.90 Å². The molecule has 0 radical (unpaired) electrons. The molecule has 0 bridgehead atoms. The molecular formula is C25H42O2. The highest BCUT2D eigenvalue weighted by atomic mass is 16.3. The van der Waals surface area contributed by atoms with E-state index in [1.165, 1.54) is 83.5 Å². The van der Waals surface area contributed by atoms with Crippen LogP contribution in [-0.2, 0) is 0 Å². The third kappa shape index (κ3) is 11.2. The normalized spacial score (nSPS) is 11.0. The second-order valence-corrected chi connectivity index (χ2v) is 8.09. The van der Waals surface area contributed by atoms with Crippen molar-refractivity contribution in [2.24, 2.45) is 0 Å². The number of aromatic hydroxyl groups is 1. The number of carbonyl (C=O) groups excluding carboxylic acids is 1. The third-order valence-corrected chi connectivity index (χ3v) is 5.55. The highest BCUT2D eigenvalue weighted by Crippen LogP contribution is 2.23. The predicted molar refractivity (Wildman–Crippen MR) is 117 cm³/mol. The van der Waals surface area contributed by atoms with Gasteiger partial charge in [0.05, 0.1) is 5.56 Å². The molecule has 0 aliphatic heterocycles. The number of carbonyl (C=O) groups is 1. The Morgan fingerprint density at radius 1 is 0.741 bits per heavy atom. The van der Waals surface area contributed by atoms with Gasteiger partial charge in [-0.1, -0.05) is 109 Å². The monoisotopic (exact) mass is 374 g/mol. The number of phenolic OH excluding ortho intramolecular Hbond substituents is 1. The Balaban J connectivity index is 1.89. The Morgan fingerprint density at radius 2 is 1.19 bits per heavy atom. The summed E-state index contributed by atoms with van der Waals surface area (Å²) >= 11 is 0. The van der Waals surface area contributed by atoms with E-state index in [2.05, 4.69) is 6.92 Å². The van der Waals surface area contributed by atoms with Crippen LogP contribution in [0.15, 0.2) is 18.2 Å². The molecule has 0 heterocycles. The van der Waals surface area contributed by atoms with E-state index >= 15 is 0 Å². The summed E-state index contributed by atoms with van der Waals surface area (Å²) in [5, 5.41) is 9.97. The van der Waals surface area contributed by atoms with Gasteiger partial charge in [0, 0.05) is 6.42 Å². The fourth-order valence-corrected chi connectivity index (χ4v) is 3.68. The first-order chi connectivity index (χ1) is 13.2. The smallest absolute Gasteiger partial charge is 0.166 e. The van der Waals surface area contributed by atoms with E-state index in [0.29, 0.717) is 12.0 Å². The zero-order valence-corrected chi connectivity index (χ0v) is 17.9. The highest BCUT2D eigenvalue weighted by molar-refractivity contribution is 5.98. The van der Waals surface area contributed by atoms with Gasteiger partial charge in [0.2, 0.25) is 0 Å². The van der Waals surface area contributed by atoms with E-state index in [9.17, 15) is 9.90 Å². The van der Waals surface area contributed by atoms with Crippen LogP contribution in [0.2, 0.25) is 0 Å². The average Bonchev–Trinajstić information content (AvgIpc) is 2.67. The summed E-state index contributed by atoms with van der Waals surface area (Å²) in [6.07, 6.45) is 20.5. The molecule has 0 fully saturated rings. The standard InChI is InChI=1S/C25H42O2/c1-3-4-5-6-7-8-9-10-11-12-13-14-15-16-17-21-24(26)23-20-18-19-22(2)25(23)27/h18-20,27H,3-17,21H2,1-2H3. The number of aryl methyl sites for hydroxylation is 1. The van der Waals surface area contributed by atoms with Gasteiger partial charge in [0.25, 0.3) is 0 Å². The number of phenols is 1. The van der Waals surface area contributed by atoms with Crippen LogP contribution in [0.25, 0.3) is 0 Å². The quantitative estimate of drug-likeness (QED) is 0.221. The summed E-state index contributed by atoms with van der Waals surface area (Å²) in [6, 6.07) is 5.41. The molecule has 0 amide bonds. The number of benzene rings is 1. The maximum Gasteiger partial charge on any atom is 0.166 e. The first-order valence-corrected chi connectivity index (χ1v) is 11.5. The molecule has 0 atom stereocenters. The Bertz CT molecular complexity index is 507. The van der Waals surface area contributed by atoms with E-state index in [-0.39, 0.29) is 11.5 Å². The molecule has 2 nitrogen and oxygen atoms in total. The molecule has 1 rings (SSSR count). The van der Waals surface area contributed by atoms with Crippen LogP contribution in [0.1, 0.15) is 126 Å². The van der Waals surface area contributed by atoms with Gasteiger partial charge >= 0.3 is 0 Å². The van der Waals surface area contributed by atoms with Gasteiger partial charge in [-0.15, -0.1) is 0 Å². The predicted octanol–water partition coefficient (Wildman–Crippen LogP) is 8.14. The van der Waals surface area contributed by atoms with Crippen LogP contribution >= 0.6 is 0 Å². The van der Waals surface area contributed by atoms with E-state index in [0.717, 1.165) is 18.4 Å². The number of ketones is 1. The van der Waals surface area contributed by atoms with Crippen LogP contribution in [0.5, 0.6) is 5.75 Å². The van der Waals surface area contributed by atoms with Crippen molar-refractivity contribution >= 4 is 5.78 Å². The van der Waals surface area contributed by atoms with Crippen LogP contribution in [-0.4, -0.2) is 10.9 Å². The van der Waals surface area contributed by atoms with Crippen molar-refractivity contribution in [2.75, 3.05) is 0 Å². The van der Waals surface area contributed by atoms with Crippen molar-refractivity contribution in [2.45, 2.75) is 117 Å². The van der Waals surface area contributed by atoms with Crippen molar-refractivity contribution in [1.82, 2.24) is 0 Å². The molecule has 2 heteroatoms. The summed E-state index contributed by atoms with van der Waals surface area (Å²) in [5.74, 6) is 0.231. The molecule has 0 unspecified atom stereocenters. The first kappa shape index (κ1) is 23.7. The fraction of sp³-hybridized carbons (Fsp3) is 0.720. The minimum absolute atomic E-state index is 0.0749. The first-order valence-electron chi connectivity index (χ1n) is 11.5. The van der Waals surface area contributed by atoms with Gasteiger partial charge in [-0.2, -0.15) is 0 Å². The van der Waals surface area contributed by atoms with Gasteiger partial charge in [-0.05, 0) is 25.0 Å². The lowest BCUT2D eigenvalue weighted by atomic mass is 10.0. The molecule has 27 heavy (non-hydrogen) atoms. The van der Waals surface area contributed by atoms with Crippen molar-refractivity contribution in [1.29, 1.82) is 0 Å². The third-order valence-electron chi connectivity index (χ3n) is 5.55. The Labute approximate surface area is 167 Å². The Kier molecular flexibility index (Phi) is 13.8. The number of hydrogen-bond donors (Lipinski definition) is 1. The Hall–Kier alpha value is -1.31. The van der Waals surface area contributed by atoms with Crippen LogP contribution < -0.4 is 0 Å². The summed E-state index contributed by atoms with van der Waals surface area (Å²) in [5.41, 5.74) is 1.26. The van der Waals surface area contributed by atoms with E-state index in [4.69, 9.17) is 0 Å². The number of Topliss-reactive ketones (excluding diaryl/α,β-unsaturated/α-hetero) is 1. The second kappa shape index (κ2) is 15.7. The molecule has 0 aliphatic rings. The van der Waals surface area contributed by atoms with Gasteiger partial charge in [-0.3, -0.25) is 4.79 Å². The molecule has 154 valence electrons. The molecule has 0 aromatic heterocycles. The van der Waals surface area contributed by atoms with E-state index < -0.39 is 0 Å². The lowest BCUT2D eigenvalue weighted by Gasteiger charge is -2.06. The largest absolute Gasteiger partial charge is 0.507 e. The van der Waals surface area contributed by atoms with Crippen LogP contribution in [0.4, 0.5) is 0 Å². The van der Waals surface area contributed by atoms with E-state index in [1.807, 2.05) is 19.1 Å². The SMILES string of the molecule is CCCCCCCCCCCCCCCCCC(=O)c1cccc(C)c1O. The lowest BCUT2D eigenvalue weighted by molar-refractivity contribution is 0.0976. The maximum atomic E-state index is 12.2. The molecule has 0 saturated heterocycles. The average molecular weight is 375 g/mol. The van der Waals surface area contributed by atoms with Gasteiger partial charge in [-0.25, -0.2) is 0 Å². The number of unbranched alkanes of at least 4 members (excludes halogenated alkanes) is 14. The van der Waals surface area contributed by atoms with Crippen molar-refractivity contribution in [3.05, 3.63) is 29.3 Å². The minimum atomic E-state index is 0.0749. The summed E-state index contributed by atoms with van der Waals surface area (Å²) in [4.78, 5) is 12.2. The topological polar surface area (TPSA) is 37.3 Å². The van der Waals surface area contributed by atoms with Gasteiger partial charge < -0.3 is 5.11 Å². The summed E-state index contributed by atoms with van der Waals surface area (Å²) in [6.45, 7) is 4.11. The van der Waals surface area contributed by atoms with E-state index in [1.54, 1.807) is 6.07 Å².